The Balaban J connectivity index is 1.57. The average molecular weight is 457 g/mol. The molecule has 0 atom stereocenters. The van der Waals surface area contributed by atoms with Crippen molar-refractivity contribution >= 4 is 33.2 Å². The summed E-state index contributed by atoms with van der Waals surface area (Å²) in [6.45, 7) is 15.7. The fourth-order valence-electron chi connectivity index (χ4n) is 4.56. The van der Waals surface area contributed by atoms with E-state index in [4.69, 9.17) is 9.98 Å². The van der Waals surface area contributed by atoms with Gasteiger partial charge >= 0.3 is 5.84 Å². The molecule has 0 unspecified atom stereocenters. The number of amidine groups is 2. The monoisotopic (exact) mass is 456 g/mol. The minimum atomic E-state index is -0.612. The highest BCUT2D eigenvalue weighted by molar-refractivity contribution is 6.07. The van der Waals surface area contributed by atoms with Crippen LogP contribution in [0.15, 0.2) is 58.5 Å². The topological polar surface area (TPSA) is 71.1 Å². The number of fused-ring (bicyclic) bond motifs is 2. The van der Waals surface area contributed by atoms with Crippen LogP contribution in [0.4, 0.5) is 0 Å². The number of nitrogens with zero attached hydrogens (tertiary/aromatic N) is 4. The molecule has 0 radical (unpaired) electrons. The predicted octanol–water partition coefficient (Wildman–Crippen LogP) is 6.21. The van der Waals surface area contributed by atoms with E-state index < -0.39 is 22.2 Å². The van der Waals surface area contributed by atoms with Crippen LogP contribution in [0.5, 0.6) is 0 Å². The van der Waals surface area contributed by atoms with Crippen molar-refractivity contribution in [3.8, 4) is 0 Å². The number of hydrogen-bond donors (Lipinski definition) is 0. The zero-order valence-electron chi connectivity index (χ0n) is 21.2. The Bertz CT molecular complexity index is 1440. The predicted molar refractivity (Wildman–Crippen MR) is 140 cm³/mol. The Morgan fingerprint density at radius 3 is 1.71 bits per heavy atom. The third-order valence-corrected chi connectivity index (χ3v) is 8.48. The van der Waals surface area contributed by atoms with Crippen molar-refractivity contribution in [2.75, 3.05) is 0 Å². The molecule has 0 bridgehead atoms. The first-order valence-electron chi connectivity index (χ1n) is 11.8. The molecule has 0 fully saturated rings. The van der Waals surface area contributed by atoms with Crippen LogP contribution in [-0.2, 0) is 0 Å². The highest BCUT2D eigenvalue weighted by atomic mass is 16.5. The van der Waals surface area contributed by atoms with Crippen molar-refractivity contribution in [2.24, 2.45) is 9.98 Å². The molecule has 0 aromatic heterocycles. The first-order valence-corrected chi connectivity index (χ1v) is 11.8. The lowest BCUT2D eigenvalue weighted by Gasteiger charge is -2.45. The number of aliphatic imine (C=N–C) groups is 2. The van der Waals surface area contributed by atoms with Gasteiger partial charge in [0, 0.05) is 11.1 Å². The standard InChI is InChI=1S/C28H32N4O2/c1-25(2)27(5,6)31(33)23(29-25)19-11-9-17-14-22-16-20(12-10-18(22)13-21(17)15-19)24-30-26(3,4)28(7,8)32(24)34/h9-16H,1-8H3. The second kappa shape index (κ2) is 6.72. The number of rotatable bonds is 2. The lowest BCUT2D eigenvalue weighted by molar-refractivity contribution is -0.514. The van der Waals surface area contributed by atoms with Gasteiger partial charge in [-0.2, -0.15) is 0 Å². The molecule has 2 heterocycles. The summed E-state index contributed by atoms with van der Waals surface area (Å²) in [6.07, 6.45) is 0. The van der Waals surface area contributed by atoms with E-state index in [0.29, 0.717) is 11.7 Å². The molecule has 34 heavy (non-hydrogen) atoms. The van der Waals surface area contributed by atoms with Gasteiger partial charge in [-0.1, -0.05) is 28.1 Å². The molecule has 0 N–H and O–H groups in total. The summed E-state index contributed by atoms with van der Waals surface area (Å²) in [7, 11) is 0. The van der Waals surface area contributed by atoms with Crippen molar-refractivity contribution < 1.29 is 4.76 Å². The maximum Gasteiger partial charge on any atom is 0.364 e. The number of benzene rings is 3. The average Bonchev–Trinajstić information content (AvgIpc) is 3.03. The summed E-state index contributed by atoms with van der Waals surface area (Å²) >= 11 is 0. The van der Waals surface area contributed by atoms with Gasteiger partial charge in [0.05, 0.1) is 11.1 Å². The van der Waals surface area contributed by atoms with Crippen LogP contribution in [-0.4, -0.2) is 43.7 Å². The van der Waals surface area contributed by atoms with Gasteiger partial charge in [-0.05, 0) is 112 Å². The van der Waals surface area contributed by atoms with Gasteiger partial charge in [-0.15, -0.1) is 0 Å². The summed E-state index contributed by atoms with van der Waals surface area (Å²) < 4.78 is 1.04. The molecule has 0 aliphatic carbocycles. The molecule has 6 heteroatoms. The van der Waals surface area contributed by atoms with Crippen LogP contribution in [0.1, 0.15) is 66.5 Å². The highest BCUT2D eigenvalue weighted by Gasteiger charge is 2.59. The summed E-state index contributed by atoms with van der Waals surface area (Å²) in [5, 5.41) is 18.3. The Hall–Kier alpha value is -3.12. The van der Waals surface area contributed by atoms with Crippen LogP contribution < -0.4 is 0 Å². The lowest BCUT2D eigenvalue weighted by Crippen LogP contribution is -2.50. The third kappa shape index (κ3) is 2.97. The van der Waals surface area contributed by atoms with Crippen LogP contribution in [0, 0.1) is 10.1 Å². The molecule has 0 spiro atoms. The Kier molecular flexibility index (Phi) is 4.48. The fraction of sp³-hybridized carbons (Fsp3) is 0.429. The van der Waals surface area contributed by atoms with Crippen molar-refractivity contribution in [1.29, 1.82) is 0 Å². The Labute approximate surface area is 200 Å². The van der Waals surface area contributed by atoms with E-state index in [0.717, 1.165) is 42.5 Å². The molecular weight excluding hydrogens is 424 g/mol. The largest absolute Gasteiger partial charge is 0.757 e. The summed E-state index contributed by atoms with van der Waals surface area (Å²) in [6, 6.07) is 16.3. The van der Waals surface area contributed by atoms with Crippen LogP contribution in [0.3, 0.4) is 0 Å². The molecule has 3 aromatic carbocycles. The maximum atomic E-state index is 13.0. The van der Waals surface area contributed by atoms with Gasteiger partial charge in [-0.25, -0.2) is 0 Å². The number of hydrogen-bond acceptors (Lipinski definition) is 5. The number of hydroxylamine groups is 2. The smallest absolute Gasteiger partial charge is 0.364 e. The number of nitroso groups, excluding NO2 is 1. The van der Waals surface area contributed by atoms with Gasteiger partial charge in [0.2, 0.25) is 0 Å². The molecule has 3 aromatic rings. The summed E-state index contributed by atoms with van der Waals surface area (Å²) in [5.74, 6) is 0.958. The first kappa shape index (κ1) is 22.7. The zero-order valence-corrected chi connectivity index (χ0v) is 21.2. The molecule has 0 saturated carbocycles. The second-order valence-electron chi connectivity index (χ2n) is 11.7. The minimum Gasteiger partial charge on any atom is -0.757 e. The van der Waals surface area contributed by atoms with E-state index in [1.54, 1.807) is 0 Å². The second-order valence-corrected chi connectivity index (χ2v) is 11.7. The summed E-state index contributed by atoms with van der Waals surface area (Å²) in [4.78, 5) is 22.5. The van der Waals surface area contributed by atoms with Gasteiger partial charge in [0.15, 0.2) is 11.1 Å². The van der Waals surface area contributed by atoms with E-state index >= 15 is 0 Å². The Morgan fingerprint density at radius 1 is 0.706 bits per heavy atom. The molecule has 2 aliphatic heterocycles. The van der Waals surface area contributed by atoms with E-state index in [-0.39, 0.29) is 0 Å². The van der Waals surface area contributed by atoms with Crippen molar-refractivity contribution in [3.05, 3.63) is 69.8 Å². The van der Waals surface area contributed by atoms with Crippen LogP contribution >= 0.6 is 0 Å². The van der Waals surface area contributed by atoms with Crippen molar-refractivity contribution in [2.45, 2.75) is 77.5 Å². The summed E-state index contributed by atoms with van der Waals surface area (Å²) in [5.41, 5.74) is -0.523. The van der Waals surface area contributed by atoms with E-state index in [2.05, 4.69) is 12.1 Å². The fourth-order valence-corrected chi connectivity index (χ4v) is 4.56. The van der Waals surface area contributed by atoms with Crippen molar-refractivity contribution in [3.63, 3.8) is 0 Å². The maximum absolute atomic E-state index is 13.0. The molecule has 5 rings (SSSR count). The molecular formula is C28H32N4O2. The zero-order chi connectivity index (χ0) is 24.8. The van der Waals surface area contributed by atoms with Crippen LogP contribution in [0.25, 0.3) is 21.5 Å². The molecule has 0 saturated heterocycles. The normalized spacial score (nSPS) is 22.4. The van der Waals surface area contributed by atoms with E-state index in [1.807, 2.05) is 91.8 Å². The van der Waals surface area contributed by atoms with Gasteiger partial charge in [0.1, 0.15) is 5.84 Å². The first-order chi connectivity index (χ1) is 15.7. The quantitative estimate of drug-likeness (QED) is 0.340. The van der Waals surface area contributed by atoms with E-state index in [1.165, 1.54) is 0 Å². The lowest BCUT2D eigenvalue weighted by atomic mass is 9.84. The molecule has 0 amide bonds. The van der Waals surface area contributed by atoms with Gasteiger partial charge in [-0.3, -0.25) is 4.99 Å². The highest BCUT2D eigenvalue weighted by Crippen LogP contribution is 2.39. The minimum absolute atomic E-state index is 0.472. The van der Waals surface area contributed by atoms with Gasteiger partial charge < -0.3 is 10.3 Å². The molecule has 2 aliphatic rings. The van der Waals surface area contributed by atoms with Crippen molar-refractivity contribution in [1.82, 2.24) is 5.06 Å². The van der Waals surface area contributed by atoms with E-state index in [9.17, 15) is 10.1 Å². The SMILES string of the molecule is CC1(C)N=C(c2ccc3cc4cc(C5=NC(C)(C)C(C)(C)[N+]5=O)ccc4cc3c2)N([O-])C1(C)C. The molecule has 6 nitrogen and oxygen atoms in total. The Morgan fingerprint density at radius 2 is 1.24 bits per heavy atom. The van der Waals surface area contributed by atoms with Crippen LogP contribution in [0.2, 0.25) is 0 Å². The third-order valence-electron chi connectivity index (χ3n) is 8.48. The molecule has 176 valence electrons. The van der Waals surface area contributed by atoms with Gasteiger partial charge in [0.25, 0.3) is 0 Å².